The summed E-state index contributed by atoms with van der Waals surface area (Å²) in [7, 11) is 0. The number of carbonyl (C=O) groups is 2. The summed E-state index contributed by atoms with van der Waals surface area (Å²) in [5.74, 6) is 3.98. The molecule has 45 heavy (non-hydrogen) atoms. The van der Waals surface area contributed by atoms with Gasteiger partial charge in [0.25, 0.3) is 0 Å². The second kappa shape index (κ2) is 17.5. The Morgan fingerprint density at radius 2 is 0.889 bits per heavy atom. The van der Waals surface area contributed by atoms with Gasteiger partial charge in [0.05, 0.1) is 0 Å². The quantitative estimate of drug-likeness (QED) is 0.137. The van der Waals surface area contributed by atoms with Crippen LogP contribution < -0.4 is 9.47 Å². The molecule has 4 aromatic carbocycles. The third kappa shape index (κ3) is 10.3. The third-order valence-electron chi connectivity index (χ3n) is 7.96. The summed E-state index contributed by atoms with van der Waals surface area (Å²) >= 11 is 0. The third-order valence-corrected chi connectivity index (χ3v) is 7.96. The van der Waals surface area contributed by atoms with Crippen molar-refractivity contribution in [1.29, 1.82) is 0 Å². The standard InChI is InChI=1S/C37H36N2O4.2Y/c40-36-22-30(26-38(36)24-28-14-18-34(19-15-28)42-32-10-3-1-4-11-32)8-7-9-31-23-37(41)39(27-31)25-29-16-20-35(21-17-29)43-33-12-5-2-6-13-33;;/h1-6,10-21,26-27,30-31H,7-9,22-25H2;;/q-2;;. The van der Waals surface area contributed by atoms with Crippen molar-refractivity contribution >= 4 is 11.8 Å². The van der Waals surface area contributed by atoms with Crippen molar-refractivity contribution in [2.45, 2.75) is 45.2 Å². The Kier molecular flexibility index (Phi) is 13.8. The van der Waals surface area contributed by atoms with Gasteiger partial charge < -0.3 is 19.3 Å². The summed E-state index contributed by atoms with van der Waals surface area (Å²) < 4.78 is 11.7. The zero-order chi connectivity index (χ0) is 29.4. The topological polar surface area (TPSA) is 59.1 Å². The molecule has 2 saturated heterocycles. The van der Waals surface area contributed by atoms with Crippen LogP contribution in [0.3, 0.4) is 0 Å². The van der Waals surface area contributed by atoms with Gasteiger partial charge in [-0.1, -0.05) is 79.9 Å². The van der Waals surface area contributed by atoms with Crippen molar-refractivity contribution in [3.8, 4) is 23.0 Å². The van der Waals surface area contributed by atoms with Crippen LogP contribution in [0.25, 0.3) is 0 Å². The second-order valence-corrected chi connectivity index (χ2v) is 11.3. The first-order chi connectivity index (χ1) is 21.1. The van der Waals surface area contributed by atoms with E-state index < -0.39 is 0 Å². The molecule has 2 heterocycles. The molecule has 0 spiro atoms. The molecule has 0 N–H and O–H groups in total. The number of hydrogen-bond donors (Lipinski definition) is 0. The summed E-state index contributed by atoms with van der Waals surface area (Å²) in [5, 5.41) is 0. The van der Waals surface area contributed by atoms with E-state index in [1.54, 1.807) is 0 Å². The first kappa shape index (κ1) is 35.5. The average Bonchev–Trinajstić information content (AvgIpc) is 3.56. The van der Waals surface area contributed by atoms with Gasteiger partial charge in [-0.2, -0.15) is 0 Å². The number of rotatable bonds is 12. The van der Waals surface area contributed by atoms with Gasteiger partial charge >= 0.3 is 0 Å². The van der Waals surface area contributed by atoms with E-state index in [9.17, 15) is 9.59 Å². The zero-order valence-electron chi connectivity index (χ0n) is 25.3. The van der Waals surface area contributed by atoms with Crippen LogP contribution in [0, 0.1) is 24.9 Å². The predicted octanol–water partition coefficient (Wildman–Crippen LogP) is 8.16. The molecule has 2 radical (unpaired) electrons. The van der Waals surface area contributed by atoms with Crippen molar-refractivity contribution < 1.29 is 84.5 Å². The minimum atomic E-state index is 0. The molecule has 8 heteroatoms. The Morgan fingerprint density at radius 1 is 0.533 bits per heavy atom. The maximum absolute atomic E-state index is 12.7. The Balaban J connectivity index is 0.00000230. The van der Waals surface area contributed by atoms with Crippen LogP contribution in [0.2, 0.25) is 0 Å². The minimum absolute atomic E-state index is 0. The van der Waals surface area contributed by atoms with Crippen LogP contribution in [0.15, 0.2) is 109 Å². The molecule has 6 nitrogen and oxygen atoms in total. The molecule has 2 atom stereocenters. The van der Waals surface area contributed by atoms with E-state index in [1.807, 2.05) is 119 Å². The van der Waals surface area contributed by atoms with Crippen molar-refractivity contribution in [1.82, 2.24) is 9.80 Å². The minimum Gasteiger partial charge on any atom is -0.489 e. The molecule has 226 valence electrons. The molecule has 0 bridgehead atoms. The van der Waals surface area contributed by atoms with Crippen molar-refractivity contribution in [3.63, 3.8) is 0 Å². The molecular formula is C37H36N2O4Y2-2. The van der Waals surface area contributed by atoms with Gasteiger partial charge in [0.15, 0.2) is 11.8 Å². The van der Waals surface area contributed by atoms with Gasteiger partial charge in [0, 0.05) is 91.3 Å². The number of para-hydroxylation sites is 2. The zero-order valence-corrected chi connectivity index (χ0v) is 31.0. The van der Waals surface area contributed by atoms with Crippen LogP contribution in [-0.4, -0.2) is 21.6 Å². The molecule has 0 saturated carbocycles. The first-order valence-corrected chi connectivity index (χ1v) is 15.0. The largest absolute Gasteiger partial charge is 0.489 e. The molecule has 2 aliphatic rings. The van der Waals surface area contributed by atoms with Crippen LogP contribution in [0.1, 0.15) is 43.2 Å². The van der Waals surface area contributed by atoms with E-state index in [0.717, 1.165) is 53.4 Å². The van der Waals surface area contributed by atoms with Crippen LogP contribution >= 0.6 is 0 Å². The van der Waals surface area contributed by atoms with Crippen molar-refractivity contribution in [2.75, 3.05) is 0 Å². The number of nitrogens with zero attached hydrogens (tertiary/aromatic N) is 2. The Hall–Kier alpha value is -2.37. The van der Waals surface area contributed by atoms with E-state index in [1.165, 1.54) is 0 Å². The maximum atomic E-state index is 12.7. The van der Waals surface area contributed by atoms with Gasteiger partial charge in [-0.15, -0.1) is 11.8 Å². The van der Waals surface area contributed by atoms with Gasteiger partial charge in [0.2, 0.25) is 0 Å². The van der Waals surface area contributed by atoms with Crippen LogP contribution in [0.5, 0.6) is 23.0 Å². The van der Waals surface area contributed by atoms with Crippen molar-refractivity contribution in [2.24, 2.45) is 11.8 Å². The monoisotopic (exact) mass is 750 g/mol. The predicted molar refractivity (Wildman–Crippen MR) is 166 cm³/mol. The summed E-state index contributed by atoms with van der Waals surface area (Å²) in [6, 6.07) is 35.2. The van der Waals surface area contributed by atoms with E-state index in [0.29, 0.717) is 25.9 Å². The molecule has 4 aromatic rings. The van der Waals surface area contributed by atoms with E-state index in [-0.39, 0.29) is 89.1 Å². The molecule has 2 unspecified atom stereocenters. The number of hydrogen-bond acceptors (Lipinski definition) is 4. The fraction of sp³-hybridized carbons (Fsp3) is 0.243. The van der Waals surface area contributed by atoms with Crippen molar-refractivity contribution in [3.05, 3.63) is 133 Å². The van der Waals surface area contributed by atoms with Crippen LogP contribution in [-0.2, 0) is 88.1 Å². The summed E-state index contributed by atoms with van der Waals surface area (Å²) in [5.41, 5.74) is 2.14. The number of ether oxygens (including phenoxy) is 2. The second-order valence-electron chi connectivity index (χ2n) is 11.3. The summed E-state index contributed by atoms with van der Waals surface area (Å²) in [4.78, 5) is 29.1. The van der Waals surface area contributed by atoms with Gasteiger partial charge in [-0.3, -0.25) is 9.59 Å². The SMILES string of the molecule is O=C1CC(CCCC2[CH-]N(Cc3ccc(Oc4ccccc4)cc3)C(=O)C2)[CH-]N1Cc1ccc(Oc2ccccc2)cc1.[Y].[Y]. The number of likely N-dealkylation sites (tertiary alicyclic amines) is 2. The Morgan fingerprint density at radius 3 is 1.27 bits per heavy atom. The fourth-order valence-electron chi connectivity index (χ4n) is 5.71. The van der Waals surface area contributed by atoms with E-state index in [2.05, 4.69) is 13.1 Å². The van der Waals surface area contributed by atoms with Gasteiger partial charge in [0.1, 0.15) is 23.0 Å². The molecular weight excluding hydrogens is 714 g/mol. The number of amides is 2. The van der Waals surface area contributed by atoms with Gasteiger partial charge in [-0.05, 0) is 59.7 Å². The number of carbonyl (C=O) groups excluding carboxylic acids is 2. The molecule has 0 aromatic heterocycles. The Bertz CT molecular complexity index is 1390. The number of benzene rings is 4. The Labute approximate surface area is 316 Å². The molecule has 6 rings (SSSR count). The normalized spacial score (nSPS) is 17.5. The van der Waals surface area contributed by atoms with E-state index >= 15 is 0 Å². The maximum Gasteiger partial charge on any atom is 0.191 e. The summed E-state index contributed by atoms with van der Waals surface area (Å²) in [6.45, 7) is 5.33. The fourth-order valence-corrected chi connectivity index (χ4v) is 5.71. The molecule has 2 amide bonds. The molecule has 2 aliphatic heterocycles. The van der Waals surface area contributed by atoms with Gasteiger partial charge in [-0.25, -0.2) is 13.1 Å². The van der Waals surface area contributed by atoms with Crippen LogP contribution in [0.4, 0.5) is 0 Å². The molecule has 2 fully saturated rings. The smallest absolute Gasteiger partial charge is 0.191 e. The van der Waals surface area contributed by atoms with E-state index in [4.69, 9.17) is 9.47 Å². The summed E-state index contributed by atoms with van der Waals surface area (Å²) in [6.07, 6.45) is 4.00. The average molecular weight is 751 g/mol. The first-order valence-electron chi connectivity index (χ1n) is 15.0. The molecule has 0 aliphatic carbocycles.